The minimum atomic E-state index is -0.640. The number of aromatic amines is 1. The molecule has 0 amide bonds. The van der Waals surface area contributed by atoms with E-state index in [0.29, 0.717) is 30.6 Å². The summed E-state index contributed by atoms with van der Waals surface area (Å²) in [5.74, 6) is 2.53. The molecule has 4 N–H and O–H groups in total. The van der Waals surface area contributed by atoms with Crippen LogP contribution in [-0.4, -0.2) is 43.6 Å². The van der Waals surface area contributed by atoms with Crippen molar-refractivity contribution >= 4 is 0 Å². The van der Waals surface area contributed by atoms with Gasteiger partial charge in [0.1, 0.15) is 5.82 Å². The SMILES string of the molecule is C=C1/C(=C\C=C2/CCC[C@]3(C)[C@@H]([C@H](C)C=C[C@H](O)C4(c5nc(CCCCC)c[nH]5)CC4)CC[C@@H]23)C[C@@H](O)C[C@@H]1O. The quantitative estimate of drug-likeness (QED) is 0.190. The Hall–Kier alpha value is -1.95. The minimum absolute atomic E-state index is 0.236. The number of H-pyrrole nitrogens is 1. The summed E-state index contributed by atoms with van der Waals surface area (Å²) in [4.78, 5) is 8.29. The van der Waals surface area contributed by atoms with Gasteiger partial charge in [-0.05, 0) is 98.5 Å². The Kier molecular flexibility index (Phi) is 8.94. The highest BCUT2D eigenvalue weighted by Gasteiger charge is 2.53. The predicted molar refractivity (Wildman–Crippen MR) is 162 cm³/mol. The number of unbranched alkanes of at least 4 members (excludes halogenated alkanes) is 2. The monoisotopic (exact) mass is 548 g/mol. The molecule has 0 saturated heterocycles. The number of nitrogens with zero attached hydrogens (tertiary/aromatic N) is 1. The number of allylic oxidation sites excluding steroid dienone is 4. The molecule has 4 aliphatic rings. The topological polar surface area (TPSA) is 89.4 Å². The van der Waals surface area contributed by atoms with Crippen LogP contribution in [0.2, 0.25) is 0 Å². The van der Waals surface area contributed by atoms with E-state index < -0.39 is 18.3 Å². The van der Waals surface area contributed by atoms with Crippen molar-refractivity contribution in [2.45, 2.75) is 128 Å². The van der Waals surface area contributed by atoms with Crippen molar-refractivity contribution in [3.8, 4) is 0 Å². The molecule has 0 spiro atoms. The van der Waals surface area contributed by atoms with Crippen molar-refractivity contribution in [1.29, 1.82) is 0 Å². The number of nitrogens with one attached hydrogen (secondary N) is 1. The van der Waals surface area contributed by atoms with E-state index in [9.17, 15) is 15.3 Å². The van der Waals surface area contributed by atoms with Gasteiger partial charge in [0.15, 0.2) is 0 Å². The summed E-state index contributed by atoms with van der Waals surface area (Å²) in [5.41, 5.74) is 4.42. The van der Waals surface area contributed by atoms with Crippen molar-refractivity contribution in [2.24, 2.45) is 23.2 Å². The fourth-order valence-electron chi connectivity index (χ4n) is 8.31. The van der Waals surface area contributed by atoms with Gasteiger partial charge in [0.25, 0.3) is 0 Å². The number of aliphatic hydroxyl groups excluding tert-OH is 3. The summed E-state index contributed by atoms with van der Waals surface area (Å²) in [6.07, 6.45) is 22.8. The Bertz CT molecular complexity index is 1140. The summed E-state index contributed by atoms with van der Waals surface area (Å²) < 4.78 is 0. The van der Waals surface area contributed by atoms with E-state index in [-0.39, 0.29) is 10.8 Å². The van der Waals surface area contributed by atoms with Gasteiger partial charge in [0.05, 0.1) is 29.4 Å². The highest BCUT2D eigenvalue weighted by Crippen LogP contribution is 2.59. The second-order valence-corrected chi connectivity index (χ2v) is 13.7. The molecule has 220 valence electrons. The summed E-state index contributed by atoms with van der Waals surface area (Å²) >= 11 is 0. The third-order valence-corrected chi connectivity index (χ3v) is 11.0. The summed E-state index contributed by atoms with van der Waals surface area (Å²) in [5, 5.41) is 31.7. The van der Waals surface area contributed by atoms with E-state index in [1.807, 2.05) is 6.20 Å². The van der Waals surface area contributed by atoms with Gasteiger partial charge in [0.2, 0.25) is 0 Å². The van der Waals surface area contributed by atoms with Crippen LogP contribution in [0.3, 0.4) is 0 Å². The molecule has 7 atom stereocenters. The zero-order valence-electron chi connectivity index (χ0n) is 25.0. The fraction of sp³-hybridized carbons (Fsp3) is 0.686. The van der Waals surface area contributed by atoms with Crippen LogP contribution in [0.4, 0.5) is 0 Å². The largest absolute Gasteiger partial charge is 0.393 e. The number of aromatic nitrogens is 2. The molecule has 0 aromatic carbocycles. The Morgan fingerprint density at radius 1 is 1.15 bits per heavy atom. The summed E-state index contributed by atoms with van der Waals surface area (Å²) in [6, 6.07) is 0. The van der Waals surface area contributed by atoms with E-state index in [1.54, 1.807) is 0 Å². The zero-order chi connectivity index (χ0) is 28.5. The second-order valence-electron chi connectivity index (χ2n) is 13.7. The van der Waals surface area contributed by atoms with Crippen LogP contribution in [-0.2, 0) is 11.8 Å². The average Bonchev–Trinajstić information content (AvgIpc) is 3.46. The first-order valence-corrected chi connectivity index (χ1v) is 16.0. The molecule has 0 unspecified atom stereocenters. The average molecular weight is 549 g/mol. The number of hydrogen-bond donors (Lipinski definition) is 4. The normalized spacial score (nSPS) is 35.4. The second kappa shape index (κ2) is 12.1. The fourth-order valence-corrected chi connectivity index (χ4v) is 8.31. The maximum absolute atomic E-state index is 11.3. The number of aryl methyl sites for hydroxylation is 1. The van der Waals surface area contributed by atoms with E-state index >= 15 is 0 Å². The molecular weight excluding hydrogens is 496 g/mol. The number of hydrogen-bond acceptors (Lipinski definition) is 4. The van der Waals surface area contributed by atoms with Crippen molar-refractivity contribution in [1.82, 2.24) is 9.97 Å². The molecule has 1 aromatic rings. The highest BCUT2D eigenvalue weighted by atomic mass is 16.3. The smallest absolute Gasteiger partial charge is 0.115 e. The lowest BCUT2D eigenvalue weighted by Gasteiger charge is -2.44. The van der Waals surface area contributed by atoms with Gasteiger partial charge < -0.3 is 20.3 Å². The standard InChI is InChI=1S/C35H52N2O3/c1-5-6-7-10-27-22-36-33(37-27)35(18-19-35)32(40)16-11-23(2)29-14-15-30-25(9-8-17-34(29,30)4)12-13-26-20-28(38)21-31(39)24(26)3/h11-13,16,22-23,28-32,38-40H,3,5-10,14-15,17-21H2,1-2,4H3,(H,36,37)/b16-11?,25-12+,26-13-/t23-,28-,29-,30+,31+,32+,34-/m1/s1. The van der Waals surface area contributed by atoms with Gasteiger partial charge in [-0.25, -0.2) is 4.98 Å². The summed E-state index contributed by atoms with van der Waals surface area (Å²) in [6.45, 7) is 11.1. The van der Waals surface area contributed by atoms with Crippen LogP contribution in [0, 0.1) is 23.2 Å². The first-order valence-electron chi connectivity index (χ1n) is 16.0. The molecular formula is C35H52N2O3. The molecule has 40 heavy (non-hydrogen) atoms. The van der Waals surface area contributed by atoms with Crippen molar-refractivity contribution < 1.29 is 15.3 Å². The number of aliphatic hydroxyl groups is 3. The van der Waals surface area contributed by atoms with Gasteiger partial charge in [-0.1, -0.05) is 70.1 Å². The number of rotatable bonds is 10. The molecule has 0 aliphatic heterocycles. The van der Waals surface area contributed by atoms with Crippen LogP contribution in [0.15, 0.2) is 53.8 Å². The molecule has 5 rings (SSSR count). The third kappa shape index (κ3) is 5.84. The molecule has 5 heteroatoms. The third-order valence-electron chi connectivity index (χ3n) is 11.0. The van der Waals surface area contributed by atoms with Crippen LogP contribution in [0.5, 0.6) is 0 Å². The molecule has 1 aromatic heterocycles. The first kappa shape index (κ1) is 29.5. The lowest BCUT2D eigenvalue weighted by molar-refractivity contribution is 0.0862. The van der Waals surface area contributed by atoms with Gasteiger partial charge in [-0.2, -0.15) is 0 Å². The molecule has 5 nitrogen and oxygen atoms in total. The van der Waals surface area contributed by atoms with E-state index in [4.69, 9.17) is 4.98 Å². The van der Waals surface area contributed by atoms with Gasteiger partial charge >= 0.3 is 0 Å². The molecule has 0 bridgehead atoms. The minimum Gasteiger partial charge on any atom is -0.393 e. The number of fused-ring (bicyclic) bond motifs is 1. The van der Waals surface area contributed by atoms with Crippen molar-refractivity contribution in [3.63, 3.8) is 0 Å². The molecule has 0 radical (unpaired) electrons. The first-order chi connectivity index (χ1) is 19.2. The maximum atomic E-state index is 11.3. The van der Waals surface area contributed by atoms with Crippen LogP contribution in [0.1, 0.15) is 109 Å². The maximum Gasteiger partial charge on any atom is 0.115 e. The lowest BCUT2D eigenvalue weighted by atomic mass is 9.61. The Balaban J connectivity index is 1.24. The van der Waals surface area contributed by atoms with Gasteiger partial charge in [-0.3, -0.25) is 0 Å². The summed E-state index contributed by atoms with van der Waals surface area (Å²) in [7, 11) is 0. The van der Waals surface area contributed by atoms with Crippen LogP contribution >= 0.6 is 0 Å². The highest BCUT2D eigenvalue weighted by molar-refractivity contribution is 5.39. The molecule has 4 fully saturated rings. The molecule has 1 heterocycles. The van der Waals surface area contributed by atoms with Crippen LogP contribution in [0.25, 0.3) is 0 Å². The van der Waals surface area contributed by atoms with Crippen LogP contribution < -0.4 is 0 Å². The molecule has 4 aliphatic carbocycles. The van der Waals surface area contributed by atoms with E-state index in [0.717, 1.165) is 48.3 Å². The zero-order valence-corrected chi connectivity index (χ0v) is 25.0. The van der Waals surface area contributed by atoms with Gasteiger partial charge in [-0.15, -0.1) is 0 Å². The van der Waals surface area contributed by atoms with Gasteiger partial charge in [0, 0.05) is 12.6 Å². The Morgan fingerprint density at radius 2 is 1.95 bits per heavy atom. The van der Waals surface area contributed by atoms with E-state index in [2.05, 4.69) is 56.6 Å². The Morgan fingerprint density at radius 3 is 2.70 bits per heavy atom. The van der Waals surface area contributed by atoms with E-state index in [1.165, 1.54) is 50.5 Å². The van der Waals surface area contributed by atoms with Crippen molar-refractivity contribution in [3.05, 3.63) is 65.3 Å². The molecule has 4 saturated carbocycles. The van der Waals surface area contributed by atoms with Crippen molar-refractivity contribution in [2.75, 3.05) is 0 Å². The number of imidazole rings is 1. The lowest BCUT2D eigenvalue weighted by Crippen LogP contribution is -2.35. The predicted octanol–water partition coefficient (Wildman–Crippen LogP) is 6.87. The Labute approximate surface area is 241 Å².